The Balaban J connectivity index is 2.05. The second kappa shape index (κ2) is 4.73. The van der Waals surface area contributed by atoms with Crippen LogP contribution >= 0.6 is 0 Å². The molecule has 1 unspecified atom stereocenters. The van der Waals surface area contributed by atoms with E-state index in [-0.39, 0.29) is 0 Å². The molecule has 0 bridgehead atoms. The van der Waals surface area contributed by atoms with Gasteiger partial charge in [-0.2, -0.15) is 0 Å². The van der Waals surface area contributed by atoms with E-state index in [2.05, 4.69) is 22.9 Å². The van der Waals surface area contributed by atoms with E-state index in [0.717, 1.165) is 18.8 Å². The largest absolute Gasteiger partial charge is 0.329 e. The summed E-state index contributed by atoms with van der Waals surface area (Å²) in [5, 5.41) is 0. The van der Waals surface area contributed by atoms with Gasteiger partial charge in [-0.05, 0) is 37.9 Å². The normalized spacial score (nSPS) is 22.1. The average molecular weight is 205 g/mol. The van der Waals surface area contributed by atoms with E-state index in [9.17, 15) is 0 Å². The van der Waals surface area contributed by atoms with Gasteiger partial charge in [-0.3, -0.25) is 9.88 Å². The highest BCUT2D eigenvalue weighted by molar-refractivity contribution is 5.18. The number of likely N-dealkylation sites (tertiary alicyclic amines) is 1. The highest BCUT2D eigenvalue weighted by Crippen LogP contribution is 2.19. The third-order valence-corrected chi connectivity index (χ3v) is 3.26. The van der Waals surface area contributed by atoms with Crippen LogP contribution in [0, 0.1) is 6.92 Å². The van der Waals surface area contributed by atoms with Crippen molar-refractivity contribution in [3.63, 3.8) is 0 Å². The van der Waals surface area contributed by atoms with E-state index >= 15 is 0 Å². The summed E-state index contributed by atoms with van der Waals surface area (Å²) in [6.45, 7) is 5.03. The third-order valence-electron chi connectivity index (χ3n) is 3.26. The van der Waals surface area contributed by atoms with Crippen LogP contribution < -0.4 is 5.73 Å². The zero-order valence-corrected chi connectivity index (χ0v) is 9.32. The fraction of sp³-hybridized carbons (Fsp3) is 0.583. The van der Waals surface area contributed by atoms with Crippen LogP contribution in [-0.2, 0) is 6.54 Å². The van der Waals surface area contributed by atoms with Crippen LogP contribution in [0.1, 0.15) is 24.1 Å². The smallest absolute Gasteiger partial charge is 0.0417 e. The maximum atomic E-state index is 5.76. The van der Waals surface area contributed by atoms with E-state index in [1.807, 2.05) is 12.3 Å². The highest BCUT2D eigenvalue weighted by atomic mass is 15.2. The Morgan fingerprint density at radius 2 is 2.47 bits per heavy atom. The first-order valence-electron chi connectivity index (χ1n) is 5.66. The average Bonchev–Trinajstić information content (AvgIpc) is 2.69. The molecular formula is C12H19N3. The second-order valence-corrected chi connectivity index (χ2v) is 4.25. The maximum absolute atomic E-state index is 5.76. The standard InChI is InChI=1S/C12H19N3/c1-10-11(4-2-6-14-10)9-15-7-3-5-12(15)8-13/h2,4,6,12H,3,5,7-9,13H2,1H3. The Labute approximate surface area is 91.3 Å². The van der Waals surface area contributed by atoms with Gasteiger partial charge in [-0.25, -0.2) is 0 Å². The number of aryl methyl sites for hydroxylation is 1. The minimum atomic E-state index is 0.574. The molecule has 0 radical (unpaired) electrons. The van der Waals surface area contributed by atoms with Crippen molar-refractivity contribution in [2.45, 2.75) is 32.4 Å². The molecule has 1 atom stereocenters. The van der Waals surface area contributed by atoms with Gasteiger partial charge in [-0.1, -0.05) is 6.07 Å². The molecule has 0 aromatic carbocycles. The zero-order valence-electron chi connectivity index (χ0n) is 9.32. The number of nitrogens with two attached hydrogens (primary N) is 1. The van der Waals surface area contributed by atoms with Crippen molar-refractivity contribution < 1.29 is 0 Å². The van der Waals surface area contributed by atoms with Gasteiger partial charge >= 0.3 is 0 Å². The first-order chi connectivity index (χ1) is 7.31. The van der Waals surface area contributed by atoms with Crippen LogP contribution in [0.15, 0.2) is 18.3 Å². The fourth-order valence-corrected chi connectivity index (χ4v) is 2.27. The maximum Gasteiger partial charge on any atom is 0.0417 e. The summed E-state index contributed by atoms with van der Waals surface area (Å²) in [6, 6.07) is 4.74. The molecule has 0 aliphatic carbocycles. The molecule has 0 spiro atoms. The molecule has 2 heterocycles. The van der Waals surface area contributed by atoms with Gasteiger partial charge in [0, 0.05) is 31.0 Å². The summed E-state index contributed by atoms with van der Waals surface area (Å²) in [4.78, 5) is 6.79. The van der Waals surface area contributed by atoms with Gasteiger partial charge in [0.05, 0.1) is 0 Å². The number of rotatable bonds is 3. The van der Waals surface area contributed by atoms with Crippen molar-refractivity contribution in [1.29, 1.82) is 0 Å². The molecule has 0 amide bonds. The molecule has 15 heavy (non-hydrogen) atoms. The lowest BCUT2D eigenvalue weighted by Gasteiger charge is -2.23. The molecule has 82 valence electrons. The topological polar surface area (TPSA) is 42.2 Å². The van der Waals surface area contributed by atoms with Gasteiger partial charge in [0.25, 0.3) is 0 Å². The van der Waals surface area contributed by atoms with Crippen molar-refractivity contribution in [2.75, 3.05) is 13.1 Å². The Bertz CT molecular complexity index is 324. The number of aromatic nitrogens is 1. The summed E-state index contributed by atoms with van der Waals surface area (Å²) >= 11 is 0. The lowest BCUT2D eigenvalue weighted by atomic mass is 10.1. The molecule has 1 aromatic heterocycles. The van der Waals surface area contributed by atoms with Crippen molar-refractivity contribution in [2.24, 2.45) is 5.73 Å². The first kappa shape index (κ1) is 10.6. The van der Waals surface area contributed by atoms with Crippen LogP contribution in [-0.4, -0.2) is 29.0 Å². The van der Waals surface area contributed by atoms with Gasteiger partial charge in [0.1, 0.15) is 0 Å². The first-order valence-corrected chi connectivity index (χ1v) is 5.66. The predicted molar refractivity (Wildman–Crippen MR) is 61.5 cm³/mol. The van der Waals surface area contributed by atoms with Crippen LogP contribution in [0.5, 0.6) is 0 Å². The monoisotopic (exact) mass is 205 g/mol. The fourth-order valence-electron chi connectivity index (χ4n) is 2.27. The molecule has 2 N–H and O–H groups in total. The predicted octanol–water partition coefficient (Wildman–Crippen LogP) is 1.31. The van der Waals surface area contributed by atoms with Gasteiger partial charge in [-0.15, -0.1) is 0 Å². The van der Waals surface area contributed by atoms with Crippen LogP contribution in [0.25, 0.3) is 0 Å². The summed E-state index contributed by atoms with van der Waals surface area (Å²) in [7, 11) is 0. The van der Waals surface area contributed by atoms with Crippen LogP contribution in [0.2, 0.25) is 0 Å². The number of hydrogen-bond acceptors (Lipinski definition) is 3. The lowest BCUT2D eigenvalue weighted by Crippen LogP contribution is -2.35. The molecule has 3 nitrogen and oxygen atoms in total. The van der Waals surface area contributed by atoms with Crippen molar-refractivity contribution in [1.82, 2.24) is 9.88 Å². The Hall–Kier alpha value is -0.930. The van der Waals surface area contributed by atoms with Crippen molar-refractivity contribution in [3.05, 3.63) is 29.6 Å². The van der Waals surface area contributed by atoms with E-state index in [1.165, 1.54) is 24.9 Å². The van der Waals surface area contributed by atoms with E-state index in [4.69, 9.17) is 5.73 Å². The van der Waals surface area contributed by atoms with Crippen molar-refractivity contribution in [3.8, 4) is 0 Å². The molecule has 1 aliphatic rings. The Kier molecular flexibility index (Phi) is 3.34. The molecule has 0 saturated carbocycles. The number of nitrogens with zero attached hydrogens (tertiary/aromatic N) is 2. The van der Waals surface area contributed by atoms with E-state index in [0.29, 0.717) is 6.04 Å². The summed E-state index contributed by atoms with van der Waals surface area (Å²) in [5.41, 5.74) is 8.23. The summed E-state index contributed by atoms with van der Waals surface area (Å²) < 4.78 is 0. The van der Waals surface area contributed by atoms with E-state index in [1.54, 1.807) is 0 Å². The zero-order chi connectivity index (χ0) is 10.7. The van der Waals surface area contributed by atoms with Gasteiger partial charge in [0.2, 0.25) is 0 Å². The SMILES string of the molecule is Cc1ncccc1CN1CCCC1CN. The van der Waals surface area contributed by atoms with Crippen LogP contribution in [0.3, 0.4) is 0 Å². The minimum Gasteiger partial charge on any atom is -0.329 e. The van der Waals surface area contributed by atoms with Crippen LogP contribution in [0.4, 0.5) is 0 Å². The third kappa shape index (κ3) is 2.36. The summed E-state index contributed by atoms with van der Waals surface area (Å²) in [5.74, 6) is 0. The molecular weight excluding hydrogens is 186 g/mol. The molecule has 1 fully saturated rings. The van der Waals surface area contributed by atoms with Crippen molar-refractivity contribution >= 4 is 0 Å². The van der Waals surface area contributed by atoms with Gasteiger partial charge in [0.15, 0.2) is 0 Å². The highest BCUT2D eigenvalue weighted by Gasteiger charge is 2.23. The van der Waals surface area contributed by atoms with Gasteiger partial charge < -0.3 is 5.73 Å². The summed E-state index contributed by atoms with van der Waals surface area (Å²) in [6.07, 6.45) is 4.38. The van der Waals surface area contributed by atoms with E-state index < -0.39 is 0 Å². The molecule has 3 heteroatoms. The number of pyridine rings is 1. The Morgan fingerprint density at radius 1 is 1.60 bits per heavy atom. The quantitative estimate of drug-likeness (QED) is 0.809. The minimum absolute atomic E-state index is 0.574. The second-order valence-electron chi connectivity index (χ2n) is 4.25. The number of hydrogen-bond donors (Lipinski definition) is 1. The molecule has 1 aliphatic heterocycles. The molecule has 1 aromatic rings. The molecule has 2 rings (SSSR count). The molecule has 1 saturated heterocycles. The lowest BCUT2D eigenvalue weighted by molar-refractivity contribution is 0.249. The Morgan fingerprint density at radius 3 is 3.20 bits per heavy atom.